The number of nitrogens with one attached hydrogen (secondary N) is 1. The van der Waals surface area contributed by atoms with E-state index in [1.165, 1.54) is 6.07 Å². The quantitative estimate of drug-likeness (QED) is 0.411. The van der Waals surface area contributed by atoms with Crippen LogP contribution in [-0.4, -0.2) is 30.5 Å². The zero-order chi connectivity index (χ0) is 22.9. The van der Waals surface area contributed by atoms with E-state index < -0.39 is 0 Å². The molecule has 170 valence electrons. The molecule has 8 heteroatoms. The summed E-state index contributed by atoms with van der Waals surface area (Å²) >= 11 is 0. The monoisotopic (exact) mass is 446 g/mol. The van der Waals surface area contributed by atoms with Gasteiger partial charge in [-0.25, -0.2) is 14.1 Å². The van der Waals surface area contributed by atoms with E-state index in [1.54, 1.807) is 35.1 Å². The van der Waals surface area contributed by atoms with Crippen molar-refractivity contribution in [3.63, 3.8) is 0 Å². The first-order chi connectivity index (χ1) is 16.0. The molecule has 1 aromatic carbocycles. The molecular formula is C25H27FN6O. The summed E-state index contributed by atoms with van der Waals surface area (Å²) in [7, 11) is 0. The number of carbonyl (C=O) groups is 1. The van der Waals surface area contributed by atoms with Gasteiger partial charge in [-0.3, -0.25) is 9.48 Å². The first-order valence-electron chi connectivity index (χ1n) is 11.5. The fourth-order valence-corrected chi connectivity index (χ4v) is 4.11. The largest absolute Gasteiger partial charge is 0.305 e. The number of benzene rings is 1. The number of hydrogen-bond acceptors (Lipinski definition) is 4. The lowest BCUT2D eigenvalue weighted by Crippen LogP contribution is -2.15. The van der Waals surface area contributed by atoms with E-state index in [9.17, 15) is 9.18 Å². The fraction of sp³-hybridized carbons (Fsp3) is 0.360. The number of aryl methyl sites for hydroxylation is 2. The van der Waals surface area contributed by atoms with E-state index >= 15 is 0 Å². The number of carbonyl (C=O) groups excluding carboxylic acids is 1. The number of rotatable bonds is 8. The highest BCUT2D eigenvalue weighted by Crippen LogP contribution is 2.40. The van der Waals surface area contributed by atoms with Gasteiger partial charge >= 0.3 is 0 Å². The van der Waals surface area contributed by atoms with Crippen molar-refractivity contribution < 1.29 is 9.18 Å². The van der Waals surface area contributed by atoms with E-state index in [2.05, 4.69) is 22.4 Å². The van der Waals surface area contributed by atoms with Crippen LogP contribution in [0.15, 0.2) is 42.6 Å². The molecule has 0 aliphatic heterocycles. The third-order valence-electron chi connectivity index (χ3n) is 6.03. The van der Waals surface area contributed by atoms with Crippen molar-refractivity contribution >= 4 is 22.8 Å². The van der Waals surface area contributed by atoms with E-state index in [1.807, 2.05) is 17.7 Å². The molecule has 0 spiro atoms. The standard InChI is InChI=1S/C25H27FN6O/c1-3-4-12-32-24-23(16(2)29-32)19(14-21(27-24)17-9-10-17)25(33)28-22-11-13-31(30-22)15-18-7-5-6-8-20(18)26/h5-8,11,13-14,17H,3-4,9-10,12,15H2,1-2H3,(H,28,30,33). The lowest BCUT2D eigenvalue weighted by atomic mass is 10.1. The molecular weight excluding hydrogens is 419 g/mol. The number of pyridine rings is 1. The molecule has 1 aliphatic rings. The molecule has 4 aromatic rings. The lowest BCUT2D eigenvalue weighted by Gasteiger charge is -2.08. The van der Waals surface area contributed by atoms with Crippen molar-refractivity contribution in [3.8, 4) is 0 Å². The zero-order valence-corrected chi connectivity index (χ0v) is 18.9. The van der Waals surface area contributed by atoms with Crippen LogP contribution in [0.1, 0.15) is 65.8 Å². The summed E-state index contributed by atoms with van der Waals surface area (Å²) < 4.78 is 17.5. The van der Waals surface area contributed by atoms with Gasteiger partial charge in [0.25, 0.3) is 5.91 Å². The topological polar surface area (TPSA) is 77.6 Å². The van der Waals surface area contributed by atoms with Gasteiger partial charge in [-0.15, -0.1) is 0 Å². The molecule has 1 N–H and O–H groups in total. The van der Waals surface area contributed by atoms with Crippen LogP contribution in [0, 0.1) is 12.7 Å². The first-order valence-corrected chi connectivity index (χ1v) is 11.5. The number of hydrogen-bond donors (Lipinski definition) is 1. The Morgan fingerprint density at radius 3 is 2.79 bits per heavy atom. The number of nitrogens with zero attached hydrogens (tertiary/aromatic N) is 5. The smallest absolute Gasteiger partial charge is 0.257 e. The number of aromatic nitrogens is 5. The minimum Gasteiger partial charge on any atom is -0.305 e. The molecule has 0 bridgehead atoms. The molecule has 5 rings (SSSR count). The number of halogens is 1. The third kappa shape index (κ3) is 4.37. The van der Waals surface area contributed by atoms with Gasteiger partial charge in [0.2, 0.25) is 0 Å². The van der Waals surface area contributed by atoms with E-state index in [4.69, 9.17) is 4.98 Å². The molecule has 0 unspecified atom stereocenters. The van der Waals surface area contributed by atoms with Gasteiger partial charge in [-0.2, -0.15) is 10.2 Å². The van der Waals surface area contributed by atoms with Crippen LogP contribution in [0.5, 0.6) is 0 Å². The van der Waals surface area contributed by atoms with Gasteiger partial charge in [-0.1, -0.05) is 31.5 Å². The number of unbranched alkanes of at least 4 members (excludes halogenated alkanes) is 1. The van der Waals surface area contributed by atoms with Crippen molar-refractivity contribution in [2.75, 3.05) is 5.32 Å². The van der Waals surface area contributed by atoms with E-state index in [0.717, 1.165) is 54.6 Å². The molecule has 0 radical (unpaired) electrons. The maximum absolute atomic E-state index is 14.0. The first kappa shape index (κ1) is 21.3. The number of amides is 1. The Morgan fingerprint density at radius 2 is 2.03 bits per heavy atom. The highest BCUT2D eigenvalue weighted by atomic mass is 19.1. The molecule has 3 heterocycles. The SMILES string of the molecule is CCCCn1nc(C)c2c(C(=O)Nc3ccn(Cc4ccccc4F)n3)cc(C3CC3)nc21. The summed E-state index contributed by atoms with van der Waals surface area (Å²) in [6.45, 7) is 5.13. The van der Waals surface area contributed by atoms with Crippen LogP contribution < -0.4 is 5.32 Å². The van der Waals surface area contributed by atoms with Crippen LogP contribution in [0.3, 0.4) is 0 Å². The van der Waals surface area contributed by atoms with Gasteiger partial charge in [-0.05, 0) is 38.3 Å². The van der Waals surface area contributed by atoms with Crippen LogP contribution in [0.4, 0.5) is 10.2 Å². The van der Waals surface area contributed by atoms with Crippen molar-refractivity contribution in [2.24, 2.45) is 0 Å². The van der Waals surface area contributed by atoms with Crippen molar-refractivity contribution in [2.45, 2.75) is 58.5 Å². The van der Waals surface area contributed by atoms with Crippen molar-refractivity contribution in [1.82, 2.24) is 24.5 Å². The number of fused-ring (bicyclic) bond motifs is 1. The van der Waals surface area contributed by atoms with Crippen molar-refractivity contribution in [1.29, 1.82) is 0 Å². The van der Waals surface area contributed by atoms with Crippen molar-refractivity contribution in [3.05, 3.63) is 70.9 Å². The van der Waals surface area contributed by atoms with Crippen LogP contribution in [-0.2, 0) is 13.1 Å². The van der Waals surface area contributed by atoms with E-state index in [-0.39, 0.29) is 18.3 Å². The summed E-state index contributed by atoms with van der Waals surface area (Å²) in [6.07, 6.45) is 6.00. The maximum Gasteiger partial charge on any atom is 0.257 e. The second-order valence-corrected chi connectivity index (χ2v) is 8.67. The summed E-state index contributed by atoms with van der Waals surface area (Å²) in [4.78, 5) is 18.2. The van der Waals surface area contributed by atoms with Gasteiger partial charge in [0.15, 0.2) is 11.5 Å². The molecule has 3 aromatic heterocycles. The van der Waals surface area contributed by atoms with Crippen LogP contribution in [0.25, 0.3) is 11.0 Å². The molecule has 1 aliphatic carbocycles. The average Bonchev–Trinajstić information content (AvgIpc) is 3.50. The third-order valence-corrected chi connectivity index (χ3v) is 6.03. The second kappa shape index (κ2) is 8.77. The fourth-order valence-electron chi connectivity index (χ4n) is 4.11. The highest BCUT2D eigenvalue weighted by molar-refractivity contribution is 6.12. The Hall–Kier alpha value is -3.55. The van der Waals surface area contributed by atoms with Gasteiger partial charge < -0.3 is 5.32 Å². The Kier molecular flexibility index (Phi) is 5.66. The molecule has 7 nitrogen and oxygen atoms in total. The molecule has 0 atom stereocenters. The predicted octanol–water partition coefficient (Wildman–Crippen LogP) is 5.05. The Labute approximate surface area is 191 Å². The van der Waals surface area contributed by atoms with Crippen LogP contribution >= 0.6 is 0 Å². The average molecular weight is 447 g/mol. The second-order valence-electron chi connectivity index (χ2n) is 8.67. The summed E-state index contributed by atoms with van der Waals surface area (Å²) in [5, 5.41) is 12.8. The minimum atomic E-state index is -0.277. The van der Waals surface area contributed by atoms with E-state index in [0.29, 0.717) is 22.9 Å². The summed E-state index contributed by atoms with van der Waals surface area (Å²) in [5.74, 6) is 0.320. The molecule has 0 saturated heterocycles. The summed E-state index contributed by atoms with van der Waals surface area (Å²) in [6, 6.07) is 10.2. The minimum absolute atomic E-state index is 0.237. The molecule has 1 saturated carbocycles. The van der Waals surface area contributed by atoms with Gasteiger partial charge in [0.05, 0.1) is 23.2 Å². The lowest BCUT2D eigenvalue weighted by molar-refractivity contribution is 0.102. The number of anilines is 1. The maximum atomic E-state index is 14.0. The van der Waals surface area contributed by atoms with Gasteiger partial charge in [0, 0.05) is 36.0 Å². The Balaban J connectivity index is 1.43. The highest BCUT2D eigenvalue weighted by Gasteiger charge is 2.29. The Bertz CT molecular complexity index is 1320. The molecule has 33 heavy (non-hydrogen) atoms. The summed E-state index contributed by atoms with van der Waals surface area (Å²) in [5.41, 5.74) is 3.64. The molecule has 1 amide bonds. The molecule has 1 fully saturated rings. The Morgan fingerprint density at radius 1 is 1.21 bits per heavy atom. The zero-order valence-electron chi connectivity index (χ0n) is 18.9. The predicted molar refractivity (Wildman–Crippen MR) is 125 cm³/mol. The van der Waals surface area contributed by atoms with Gasteiger partial charge in [0.1, 0.15) is 5.82 Å². The normalized spacial score (nSPS) is 13.5. The van der Waals surface area contributed by atoms with Crippen LogP contribution in [0.2, 0.25) is 0 Å².